The molecule has 0 bridgehead atoms. The van der Waals surface area contributed by atoms with E-state index in [9.17, 15) is 9.90 Å². The molecule has 13 heavy (non-hydrogen) atoms. The minimum atomic E-state index is 0.240. The van der Waals surface area contributed by atoms with Gasteiger partial charge in [-0.15, -0.1) is 0 Å². The Labute approximate surface area is 75.0 Å². The van der Waals surface area contributed by atoms with Gasteiger partial charge < -0.3 is 14.9 Å². The first kappa shape index (κ1) is 7.86. The summed E-state index contributed by atoms with van der Waals surface area (Å²) in [7, 11) is 0. The molecule has 1 heterocycles. The fourth-order valence-electron chi connectivity index (χ4n) is 1.38. The standard InChI is InChI=1S/C10H9NO2/c12-4-3-8-5-7-6-9(13)1-2-10(7)11-8/h1-2,4-6,11,13H,3H2. The molecule has 3 nitrogen and oxygen atoms in total. The van der Waals surface area contributed by atoms with Crippen molar-refractivity contribution in [1.29, 1.82) is 0 Å². The lowest BCUT2D eigenvalue weighted by Crippen LogP contribution is -1.83. The average molecular weight is 175 g/mol. The lowest BCUT2D eigenvalue weighted by atomic mass is 10.2. The lowest BCUT2D eigenvalue weighted by molar-refractivity contribution is -0.107. The molecule has 0 fully saturated rings. The molecule has 0 aliphatic heterocycles. The molecule has 1 aromatic carbocycles. The molecule has 0 atom stereocenters. The summed E-state index contributed by atoms with van der Waals surface area (Å²) in [5, 5.41) is 10.1. The first-order valence-electron chi connectivity index (χ1n) is 4.04. The zero-order valence-electron chi connectivity index (χ0n) is 6.95. The number of phenolic OH excluding ortho intramolecular Hbond substituents is 1. The second-order valence-electron chi connectivity index (χ2n) is 2.94. The van der Waals surface area contributed by atoms with Crippen molar-refractivity contribution in [1.82, 2.24) is 4.98 Å². The van der Waals surface area contributed by atoms with Crippen LogP contribution in [-0.4, -0.2) is 16.4 Å². The van der Waals surface area contributed by atoms with Crippen molar-refractivity contribution in [3.8, 4) is 5.75 Å². The number of fused-ring (bicyclic) bond motifs is 1. The number of aromatic nitrogens is 1. The van der Waals surface area contributed by atoms with Crippen LogP contribution >= 0.6 is 0 Å². The van der Waals surface area contributed by atoms with Gasteiger partial charge in [-0.2, -0.15) is 0 Å². The molecular weight excluding hydrogens is 166 g/mol. The number of benzene rings is 1. The van der Waals surface area contributed by atoms with Crippen LogP contribution in [0.3, 0.4) is 0 Å². The third-order valence-corrected chi connectivity index (χ3v) is 1.96. The van der Waals surface area contributed by atoms with E-state index in [2.05, 4.69) is 4.98 Å². The topological polar surface area (TPSA) is 53.1 Å². The van der Waals surface area contributed by atoms with Crippen LogP contribution in [0.2, 0.25) is 0 Å². The Bertz CT molecular complexity index is 445. The second-order valence-corrected chi connectivity index (χ2v) is 2.94. The number of carbonyl (C=O) groups is 1. The maximum Gasteiger partial charge on any atom is 0.125 e. The summed E-state index contributed by atoms with van der Waals surface area (Å²) < 4.78 is 0. The zero-order chi connectivity index (χ0) is 9.26. The van der Waals surface area contributed by atoms with Crippen LogP contribution in [0.1, 0.15) is 5.69 Å². The Kier molecular flexibility index (Phi) is 1.77. The van der Waals surface area contributed by atoms with E-state index in [0.717, 1.165) is 22.9 Å². The molecule has 0 aliphatic rings. The summed E-state index contributed by atoms with van der Waals surface area (Å²) in [5.41, 5.74) is 1.81. The molecule has 0 saturated carbocycles. The average Bonchev–Trinajstić information content (AvgIpc) is 2.46. The minimum Gasteiger partial charge on any atom is -0.508 e. The number of carbonyl (C=O) groups excluding carboxylic acids is 1. The van der Waals surface area contributed by atoms with E-state index in [1.807, 2.05) is 6.07 Å². The van der Waals surface area contributed by atoms with E-state index in [1.165, 1.54) is 0 Å². The van der Waals surface area contributed by atoms with Crippen molar-refractivity contribution in [3.05, 3.63) is 30.0 Å². The normalized spacial score (nSPS) is 10.5. The number of aldehydes is 1. The fraction of sp³-hybridized carbons (Fsp3) is 0.100. The third-order valence-electron chi connectivity index (χ3n) is 1.96. The molecule has 0 aliphatic carbocycles. The van der Waals surface area contributed by atoms with Crippen molar-refractivity contribution in [2.45, 2.75) is 6.42 Å². The van der Waals surface area contributed by atoms with Crippen LogP contribution in [0.25, 0.3) is 10.9 Å². The molecule has 0 amide bonds. The molecule has 3 heteroatoms. The van der Waals surface area contributed by atoms with Crippen LogP contribution in [0.15, 0.2) is 24.3 Å². The Morgan fingerprint density at radius 1 is 1.38 bits per heavy atom. The molecule has 0 radical (unpaired) electrons. The predicted molar refractivity (Wildman–Crippen MR) is 49.7 cm³/mol. The van der Waals surface area contributed by atoms with Crippen LogP contribution in [0, 0.1) is 0 Å². The van der Waals surface area contributed by atoms with Crippen LogP contribution < -0.4 is 0 Å². The first-order valence-corrected chi connectivity index (χ1v) is 4.04. The van der Waals surface area contributed by atoms with Gasteiger partial charge in [0.1, 0.15) is 12.0 Å². The van der Waals surface area contributed by atoms with E-state index in [-0.39, 0.29) is 5.75 Å². The molecule has 2 aromatic rings. The summed E-state index contributed by atoms with van der Waals surface area (Å²) in [4.78, 5) is 13.3. The van der Waals surface area contributed by atoms with E-state index in [1.54, 1.807) is 18.2 Å². The Morgan fingerprint density at radius 3 is 3.00 bits per heavy atom. The number of hydrogen-bond acceptors (Lipinski definition) is 2. The van der Waals surface area contributed by atoms with Gasteiger partial charge in [0.2, 0.25) is 0 Å². The van der Waals surface area contributed by atoms with Crippen molar-refractivity contribution >= 4 is 17.2 Å². The van der Waals surface area contributed by atoms with Crippen molar-refractivity contribution in [2.75, 3.05) is 0 Å². The molecule has 66 valence electrons. The smallest absolute Gasteiger partial charge is 0.125 e. The number of nitrogens with one attached hydrogen (secondary N) is 1. The van der Waals surface area contributed by atoms with Gasteiger partial charge in [-0.3, -0.25) is 0 Å². The van der Waals surface area contributed by atoms with Gasteiger partial charge in [0.15, 0.2) is 0 Å². The highest BCUT2D eigenvalue weighted by atomic mass is 16.3. The number of aromatic hydroxyl groups is 1. The van der Waals surface area contributed by atoms with Crippen LogP contribution in [-0.2, 0) is 11.2 Å². The van der Waals surface area contributed by atoms with Gasteiger partial charge in [0.25, 0.3) is 0 Å². The van der Waals surface area contributed by atoms with Gasteiger partial charge in [0, 0.05) is 23.0 Å². The monoisotopic (exact) mass is 175 g/mol. The van der Waals surface area contributed by atoms with Gasteiger partial charge in [-0.1, -0.05) is 0 Å². The lowest BCUT2D eigenvalue weighted by Gasteiger charge is -1.89. The summed E-state index contributed by atoms with van der Waals surface area (Å²) in [5.74, 6) is 0.240. The van der Waals surface area contributed by atoms with E-state index >= 15 is 0 Å². The molecule has 2 N–H and O–H groups in total. The van der Waals surface area contributed by atoms with Crippen molar-refractivity contribution in [2.24, 2.45) is 0 Å². The van der Waals surface area contributed by atoms with Crippen molar-refractivity contribution in [3.63, 3.8) is 0 Å². The molecule has 1 aromatic heterocycles. The van der Waals surface area contributed by atoms with E-state index in [4.69, 9.17) is 0 Å². The second kappa shape index (κ2) is 2.94. The number of phenols is 1. The highest BCUT2D eigenvalue weighted by Crippen LogP contribution is 2.20. The number of hydrogen-bond donors (Lipinski definition) is 2. The van der Waals surface area contributed by atoms with Gasteiger partial charge in [-0.25, -0.2) is 0 Å². The Morgan fingerprint density at radius 2 is 2.23 bits per heavy atom. The number of aromatic amines is 1. The summed E-state index contributed by atoms with van der Waals surface area (Å²) in [6.07, 6.45) is 1.24. The molecule has 0 saturated heterocycles. The van der Waals surface area contributed by atoms with Gasteiger partial charge in [-0.05, 0) is 24.3 Å². The molecule has 0 spiro atoms. The van der Waals surface area contributed by atoms with E-state index < -0.39 is 0 Å². The molecule has 2 rings (SSSR count). The summed E-state index contributed by atoms with van der Waals surface area (Å²) in [6.45, 7) is 0. The van der Waals surface area contributed by atoms with E-state index in [0.29, 0.717) is 6.42 Å². The number of rotatable bonds is 2. The fourth-order valence-corrected chi connectivity index (χ4v) is 1.38. The summed E-state index contributed by atoms with van der Waals surface area (Å²) >= 11 is 0. The highest BCUT2D eigenvalue weighted by Gasteiger charge is 2.00. The zero-order valence-corrected chi connectivity index (χ0v) is 6.95. The predicted octanol–water partition coefficient (Wildman–Crippen LogP) is 1.61. The van der Waals surface area contributed by atoms with Crippen molar-refractivity contribution < 1.29 is 9.90 Å². The van der Waals surface area contributed by atoms with Gasteiger partial charge >= 0.3 is 0 Å². The highest BCUT2D eigenvalue weighted by molar-refractivity contribution is 5.82. The van der Waals surface area contributed by atoms with Crippen LogP contribution in [0.4, 0.5) is 0 Å². The quantitative estimate of drug-likeness (QED) is 0.681. The van der Waals surface area contributed by atoms with Crippen LogP contribution in [0.5, 0.6) is 5.75 Å². The molecule has 0 unspecified atom stereocenters. The number of H-pyrrole nitrogens is 1. The molecular formula is C10H9NO2. The largest absolute Gasteiger partial charge is 0.508 e. The van der Waals surface area contributed by atoms with Gasteiger partial charge in [0.05, 0.1) is 0 Å². The Hall–Kier alpha value is -1.77. The third kappa shape index (κ3) is 1.40. The SMILES string of the molecule is O=CCc1cc2cc(O)ccc2[nH]1. The minimum absolute atomic E-state index is 0.240. The maximum absolute atomic E-state index is 10.2. The maximum atomic E-state index is 10.2. The first-order chi connectivity index (χ1) is 6.29. The summed E-state index contributed by atoms with van der Waals surface area (Å²) in [6, 6.07) is 6.94. The Balaban J connectivity index is 2.55.